The average molecular weight is 383 g/mol. The molecule has 1 atom stereocenters. The van der Waals surface area contributed by atoms with E-state index in [2.05, 4.69) is 10.6 Å². The van der Waals surface area contributed by atoms with E-state index in [0.29, 0.717) is 6.54 Å². The second-order valence-corrected chi connectivity index (χ2v) is 6.46. The van der Waals surface area contributed by atoms with Crippen LogP contribution in [0.3, 0.4) is 0 Å². The van der Waals surface area contributed by atoms with Crippen molar-refractivity contribution in [2.75, 3.05) is 12.3 Å². The molecule has 0 aromatic heterocycles. The van der Waals surface area contributed by atoms with Gasteiger partial charge in [-0.1, -0.05) is 18.5 Å². The van der Waals surface area contributed by atoms with E-state index >= 15 is 0 Å². The largest absolute Gasteiger partial charge is 0.417 e. The Morgan fingerprint density at radius 1 is 1.33 bits per heavy atom. The van der Waals surface area contributed by atoms with Gasteiger partial charge in [-0.05, 0) is 31.5 Å². The van der Waals surface area contributed by atoms with E-state index in [4.69, 9.17) is 11.6 Å². The normalized spacial score (nSPS) is 12.6. The first-order valence-corrected chi connectivity index (χ1v) is 8.58. The fraction of sp³-hybridized carbons (Fsp3) is 0.467. The topological polar surface area (TPSA) is 58.2 Å². The Hall–Kier alpha value is -1.41. The third-order valence-corrected chi connectivity index (χ3v) is 4.26. The van der Waals surface area contributed by atoms with Crippen molar-refractivity contribution in [1.29, 1.82) is 0 Å². The highest BCUT2D eigenvalue weighted by molar-refractivity contribution is 8.00. The maximum absolute atomic E-state index is 12.8. The lowest BCUT2D eigenvalue weighted by Crippen LogP contribution is -2.45. The first kappa shape index (κ1) is 20.6. The molecule has 0 bridgehead atoms. The van der Waals surface area contributed by atoms with Crippen LogP contribution in [0.1, 0.15) is 25.8 Å². The summed E-state index contributed by atoms with van der Waals surface area (Å²) in [4.78, 5) is 23.7. The van der Waals surface area contributed by atoms with Crippen molar-refractivity contribution in [1.82, 2.24) is 10.6 Å². The summed E-state index contributed by atoms with van der Waals surface area (Å²) >= 11 is 6.47. The standard InChI is InChI=1S/C15H18ClF3N2O2S/c1-3-6-20-14(23)9(2)21-13(22)8-24-10-4-5-12(16)11(7-10)15(17,18)19/h4-5,7,9H,3,6,8H2,1-2H3,(H,20,23)(H,21,22)/t9-/m1/s1. The molecule has 0 unspecified atom stereocenters. The minimum atomic E-state index is -4.55. The average Bonchev–Trinajstić information content (AvgIpc) is 2.50. The number of benzene rings is 1. The van der Waals surface area contributed by atoms with Gasteiger partial charge in [-0.2, -0.15) is 13.2 Å². The fourth-order valence-electron chi connectivity index (χ4n) is 1.71. The first-order valence-electron chi connectivity index (χ1n) is 7.21. The lowest BCUT2D eigenvalue weighted by Gasteiger charge is -2.14. The summed E-state index contributed by atoms with van der Waals surface area (Å²) in [5.74, 6) is -0.853. The van der Waals surface area contributed by atoms with Crippen LogP contribution in [-0.4, -0.2) is 30.2 Å². The molecule has 24 heavy (non-hydrogen) atoms. The van der Waals surface area contributed by atoms with Crippen molar-refractivity contribution in [2.45, 2.75) is 37.4 Å². The van der Waals surface area contributed by atoms with Gasteiger partial charge in [-0.15, -0.1) is 11.8 Å². The molecule has 1 rings (SSSR count). The Morgan fingerprint density at radius 3 is 2.58 bits per heavy atom. The van der Waals surface area contributed by atoms with Crippen LogP contribution in [0.25, 0.3) is 0 Å². The smallest absolute Gasteiger partial charge is 0.354 e. The van der Waals surface area contributed by atoms with Gasteiger partial charge in [0.05, 0.1) is 16.3 Å². The van der Waals surface area contributed by atoms with Crippen molar-refractivity contribution in [3.05, 3.63) is 28.8 Å². The Kier molecular flexibility index (Phi) is 7.89. The molecule has 0 saturated carbocycles. The molecule has 134 valence electrons. The van der Waals surface area contributed by atoms with Crippen LogP contribution in [0.15, 0.2) is 23.1 Å². The summed E-state index contributed by atoms with van der Waals surface area (Å²) < 4.78 is 38.3. The summed E-state index contributed by atoms with van der Waals surface area (Å²) in [5.41, 5.74) is -0.943. The van der Waals surface area contributed by atoms with Gasteiger partial charge in [0.25, 0.3) is 0 Å². The highest BCUT2D eigenvalue weighted by Gasteiger charge is 2.33. The number of halogens is 4. The minimum absolute atomic E-state index is 0.107. The van der Waals surface area contributed by atoms with Gasteiger partial charge >= 0.3 is 6.18 Å². The quantitative estimate of drug-likeness (QED) is 0.710. The number of nitrogens with one attached hydrogen (secondary N) is 2. The number of carbonyl (C=O) groups excluding carboxylic acids is 2. The molecule has 0 spiro atoms. The van der Waals surface area contributed by atoms with Gasteiger partial charge < -0.3 is 10.6 Å². The molecule has 0 aliphatic carbocycles. The van der Waals surface area contributed by atoms with Crippen LogP contribution >= 0.6 is 23.4 Å². The van der Waals surface area contributed by atoms with Crippen LogP contribution in [0, 0.1) is 0 Å². The zero-order valence-corrected chi connectivity index (χ0v) is 14.7. The van der Waals surface area contributed by atoms with E-state index in [1.165, 1.54) is 13.0 Å². The Labute approximate surface area is 147 Å². The number of hydrogen-bond acceptors (Lipinski definition) is 3. The lowest BCUT2D eigenvalue weighted by molar-refractivity contribution is -0.137. The molecule has 0 fully saturated rings. The van der Waals surface area contributed by atoms with E-state index in [-0.39, 0.29) is 16.6 Å². The Bertz CT molecular complexity index is 597. The summed E-state index contributed by atoms with van der Waals surface area (Å²) in [7, 11) is 0. The van der Waals surface area contributed by atoms with Gasteiger partial charge in [0, 0.05) is 11.4 Å². The molecular weight excluding hydrogens is 365 g/mol. The maximum Gasteiger partial charge on any atom is 0.417 e. The summed E-state index contributed by atoms with van der Waals surface area (Å²) in [6, 6.07) is 2.75. The van der Waals surface area contributed by atoms with Crippen LogP contribution < -0.4 is 10.6 Å². The zero-order chi connectivity index (χ0) is 18.3. The van der Waals surface area contributed by atoms with E-state index in [0.717, 1.165) is 30.3 Å². The predicted octanol–water partition coefficient (Wildman–Crippen LogP) is 3.48. The summed E-state index contributed by atoms with van der Waals surface area (Å²) in [6.45, 7) is 3.96. The highest BCUT2D eigenvalue weighted by Crippen LogP contribution is 2.36. The van der Waals surface area contributed by atoms with Crippen molar-refractivity contribution in [3.8, 4) is 0 Å². The predicted molar refractivity (Wildman–Crippen MR) is 88.1 cm³/mol. The van der Waals surface area contributed by atoms with Crippen molar-refractivity contribution < 1.29 is 22.8 Å². The molecule has 0 aliphatic heterocycles. The monoisotopic (exact) mass is 382 g/mol. The van der Waals surface area contributed by atoms with Crippen molar-refractivity contribution >= 4 is 35.2 Å². The Morgan fingerprint density at radius 2 is 2.00 bits per heavy atom. The molecule has 1 aromatic rings. The summed E-state index contributed by atoms with van der Waals surface area (Å²) in [6.07, 6.45) is -3.78. The van der Waals surface area contributed by atoms with Gasteiger partial charge in [0.1, 0.15) is 6.04 Å². The molecule has 1 aromatic carbocycles. The SMILES string of the molecule is CCCNC(=O)[C@@H](C)NC(=O)CSc1ccc(Cl)c(C(F)(F)F)c1. The molecule has 0 aliphatic rings. The van der Waals surface area contributed by atoms with Crippen LogP contribution in [0.5, 0.6) is 0 Å². The lowest BCUT2D eigenvalue weighted by atomic mass is 10.2. The van der Waals surface area contributed by atoms with Gasteiger partial charge in [0.2, 0.25) is 11.8 Å². The van der Waals surface area contributed by atoms with E-state index in [9.17, 15) is 22.8 Å². The van der Waals surface area contributed by atoms with Crippen LogP contribution in [0.2, 0.25) is 5.02 Å². The number of thioether (sulfide) groups is 1. The number of hydrogen-bond donors (Lipinski definition) is 2. The fourth-order valence-corrected chi connectivity index (χ4v) is 2.68. The number of amides is 2. The maximum atomic E-state index is 12.8. The number of carbonyl (C=O) groups is 2. The summed E-state index contributed by atoms with van der Waals surface area (Å²) in [5, 5.41) is 4.75. The second-order valence-electron chi connectivity index (χ2n) is 5.01. The third kappa shape index (κ3) is 6.60. The first-order chi connectivity index (χ1) is 11.1. The molecular formula is C15H18ClF3N2O2S. The number of rotatable bonds is 7. The Balaban J connectivity index is 2.57. The van der Waals surface area contributed by atoms with Gasteiger partial charge in [0.15, 0.2) is 0 Å². The molecule has 2 amide bonds. The highest BCUT2D eigenvalue weighted by atomic mass is 35.5. The van der Waals surface area contributed by atoms with Crippen LogP contribution in [0.4, 0.5) is 13.2 Å². The minimum Gasteiger partial charge on any atom is -0.354 e. The number of alkyl halides is 3. The zero-order valence-electron chi connectivity index (χ0n) is 13.2. The van der Waals surface area contributed by atoms with Crippen molar-refractivity contribution in [3.63, 3.8) is 0 Å². The van der Waals surface area contributed by atoms with Crippen LogP contribution in [-0.2, 0) is 15.8 Å². The molecule has 0 radical (unpaired) electrons. The molecule has 2 N–H and O–H groups in total. The van der Waals surface area contributed by atoms with E-state index in [1.807, 2.05) is 6.92 Å². The van der Waals surface area contributed by atoms with Gasteiger partial charge in [-0.25, -0.2) is 0 Å². The molecule has 9 heteroatoms. The van der Waals surface area contributed by atoms with E-state index in [1.54, 1.807) is 0 Å². The second kappa shape index (κ2) is 9.17. The van der Waals surface area contributed by atoms with E-state index < -0.39 is 28.7 Å². The molecule has 4 nitrogen and oxygen atoms in total. The van der Waals surface area contributed by atoms with Gasteiger partial charge in [-0.3, -0.25) is 9.59 Å². The third-order valence-electron chi connectivity index (χ3n) is 2.93. The molecule has 0 heterocycles. The molecule has 0 saturated heterocycles. The van der Waals surface area contributed by atoms with Crippen molar-refractivity contribution in [2.24, 2.45) is 0 Å².